The molecule has 2 heterocycles. The topological polar surface area (TPSA) is 107 Å². The van der Waals surface area contributed by atoms with Gasteiger partial charge in [0.2, 0.25) is 0 Å². The van der Waals surface area contributed by atoms with Crippen molar-refractivity contribution in [3.8, 4) is 17.2 Å². The van der Waals surface area contributed by atoms with Crippen LogP contribution in [0.15, 0.2) is 41.2 Å². The Morgan fingerprint density at radius 2 is 1.72 bits per heavy atom. The minimum absolute atomic E-state index is 0.140. The van der Waals surface area contributed by atoms with E-state index in [-0.39, 0.29) is 18.0 Å². The Bertz CT molecular complexity index is 1530. The molecule has 2 aromatic heterocycles. The second kappa shape index (κ2) is 9.49. The standard InChI is InChI=1S/C27H28N4O5/c1-5-31(14-25-29-22-13-24(36-4)23(35-3)12-19(22)26(32)30-25)27(33)18-11-21(15-6-7-15)28-20-9-8-16(34-2)10-17(18)20/h8-13,15H,5-7,14H2,1-4H3,(H,29,30,32). The summed E-state index contributed by atoms with van der Waals surface area (Å²) >= 11 is 0. The maximum atomic E-state index is 13.8. The third kappa shape index (κ3) is 4.32. The van der Waals surface area contributed by atoms with Crippen molar-refractivity contribution >= 4 is 27.7 Å². The Labute approximate surface area is 208 Å². The van der Waals surface area contributed by atoms with Gasteiger partial charge in [-0.3, -0.25) is 14.6 Å². The van der Waals surface area contributed by atoms with Gasteiger partial charge in [-0.25, -0.2) is 4.98 Å². The predicted molar refractivity (Wildman–Crippen MR) is 136 cm³/mol. The van der Waals surface area contributed by atoms with Crippen LogP contribution in [0.25, 0.3) is 21.8 Å². The average Bonchev–Trinajstić information content (AvgIpc) is 3.75. The Morgan fingerprint density at radius 3 is 2.39 bits per heavy atom. The number of hydrogen-bond donors (Lipinski definition) is 1. The van der Waals surface area contributed by atoms with Crippen molar-refractivity contribution in [1.29, 1.82) is 0 Å². The highest BCUT2D eigenvalue weighted by molar-refractivity contribution is 6.06. The highest BCUT2D eigenvalue weighted by Gasteiger charge is 2.28. The number of H-pyrrole nitrogens is 1. The number of methoxy groups -OCH3 is 3. The van der Waals surface area contributed by atoms with Crippen molar-refractivity contribution in [2.24, 2.45) is 0 Å². The third-order valence-electron chi connectivity index (χ3n) is 6.53. The normalized spacial score (nSPS) is 13.1. The van der Waals surface area contributed by atoms with Crippen LogP contribution in [0.5, 0.6) is 17.2 Å². The number of rotatable bonds is 8. The molecule has 4 aromatic rings. The van der Waals surface area contributed by atoms with Crippen molar-refractivity contribution in [2.75, 3.05) is 27.9 Å². The zero-order valence-corrected chi connectivity index (χ0v) is 20.8. The fourth-order valence-electron chi connectivity index (χ4n) is 4.39. The van der Waals surface area contributed by atoms with Gasteiger partial charge in [0.15, 0.2) is 11.5 Å². The summed E-state index contributed by atoms with van der Waals surface area (Å²) in [4.78, 5) is 40.5. The van der Waals surface area contributed by atoms with E-state index < -0.39 is 0 Å². The van der Waals surface area contributed by atoms with Crippen LogP contribution >= 0.6 is 0 Å². The molecular formula is C27H28N4O5. The number of carbonyl (C=O) groups excluding carboxylic acids is 1. The maximum Gasteiger partial charge on any atom is 0.258 e. The van der Waals surface area contributed by atoms with E-state index in [4.69, 9.17) is 19.2 Å². The van der Waals surface area contributed by atoms with Gasteiger partial charge in [-0.15, -0.1) is 0 Å². The molecule has 0 unspecified atom stereocenters. The second-order valence-electron chi connectivity index (χ2n) is 8.81. The highest BCUT2D eigenvalue weighted by Crippen LogP contribution is 2.40. The first-order valence-electron chi connectivity index (χ1n) is 11.9. The van der Waals surface area contributed by atoms with Crippen LogP contribution < -0.4 is 19.8 Å². The molecule has 1 N–H and O–H groups in total. The number of amides is 1. The van der Waals surface area contributed by atoms with E-state index in [1.165, 1.54) is 14.2 Å². The van der Waals surface area contributed by atoms with Gasteiger partial charge >= 0.3 is 0 Å². The SMILES string of the molecule is CCN(Cc1nc2cc(OC)c(OC)cc2c(=O)[nH]1)C(=O)c1cc(C2CC2)nc2ccc(OC)cc12. The first-order chi connectivity index (χ1) is 17.4. The Balaban J connectivity index is 1.54. The van der Waals surface area contributed by atoms with Crippen LogP contribution in [0.1, 0.15) is 47.6 Å². The number of pyridine rings is 1. The van der Waals surface area contributed by atoms with E-state index in [9.17, 15) is 9.59 Å². The molecule has 0 atom stereocenters. The second-order valence-corrected chi connectivity index (χ2v) is 8.81. The average molecular weight is 489 g/mol. The van der Waals surface area contributed by atoms with Crippen LogP contribution in [0.3, 0.4) is 0 Å². The highest BCUT2D eigenvalue weighted by atomic mass is 16.5. The van der Waals surface area contributed by atoms with Crippen molar-refractivity contribution in [2.45, 2.75) is 32.2 Å². The molecular weight excluding hydrogens is 460 g/mol. The maximum absolute atomic E-state index is 13.8. The van der Waals surface area contributed by atoms with Crippen LogP contribution in [-0.4, -0.2) is 53.6 Å². The molecule has 1 aliphatic rings. The molecule has 1 fully saturated rings. The van der Waals surface area contributed by atoms with Crippen LogP contribution in [0.4, 0.5) is 0 Å². The zero-order chi connectivity index (χ0) is 25.4. The Morgan fingerprint density at radius 1 is 0.972 bits per heavy atom. The number of aromatic nitrogens is 3. The molecule has 0 aliphatic heterocycles. The Hall–Kier alpha value is -4.14. The van der Waals surface area contributed by atoms with E-state index in [2.05, 4.69) is 9.97 Å². The van der Waals surface area contributed by atoms with Gasteiger partial charge in [-0.2, -0.15) is 0 Å². The predicted octanol–water partition coefficient (Wildman–Crippen LogP) is 4.04. The molecule has 9 nitrogen and oxygen atoms in total. The summed E-state index contributed by atoms with van der Waals surface area (Å²) in [7, 11) is 4.63. The Kier molecular flexibility index (Phi) is 6.22. The summed E-state index contributed by atoms with van der Waals surface area (Å²) in [5, 5.41) is 1.12. The first-order valence-corrected chi connectivity index (χ1v) is 11.9. The van der Waals surface area contributed by atoms with Crippen LogP contribution in [-0.2, 0) is 6.54 Å². The van der Waals surface area contributed by atoms with E-state index in [1.54, 1.807) is 24.1 Å². The number of hydrogen-bond acceptors (Lipinski definition) is 7. The van der Waals surface area contributed by atoms with E-state index in [0.717, 1.165) is 29.4 Å². The fourth-order valence-corrected chi connectivity index (χ4v) is 4.39. The quantitative estimate of drug-likeness (QED) is 0.399. The molecule has 5 rings (SSSR count). The number of ether oxygens (including phenoxy) is 3. The van der Waals surface area contributed by atoms with E-state index in [1.807, 2.05) is 31.2 Å². The molecule has 9 heteroatoms. The molecule has 0 radical (unpaired) electrons. The number of fused-ring (bicyclic) bond motifs is 2. The van der Waals surface area contributed by atoms with Gasteiger partial charge in [-0.1, -0.05) is 0 Å². The van der Waals surface area contributed by atoms with Gasteiger partial charge in [0.1, 0.15) is 11.6 Å². The minimum Gasteiger partial charge on any atom is -0.497 e. The largest absolute Gasteiger partial charge is 0.497 e. The fraction of sp³-hybridized carbons (Fsp3) is 0.333. The molecule has 36 heavy (non-hydrogen) atoms. The van der Waals surface area contributed by atoms with Gasteiger partial charge in [0, 0.05) is 29.6 Å². The molecule has 1 aliphatic carbocycles. The van der Waals surface area contributed by atoms with Crippen molar-refractivity contribution in [3.05, 3.63) is 63.8 Å². The lowest BCUT2D eigenvalue weighted by atomic mass is 10.0. The van der Waals surface area contributed by atoms with Crippen molar-refractivity contribution in [3.63, 3.8) is 0 Å². The first kappa shape index (κ1) is 23.6. The number of carbonyl (C=O) groups is 1. The summed E-state index contributed by atoms with van der Waals surface area (Å²) in [6, 6.07) is 10.7. The summed E-state index contributed by atoms with van der Waals surface area (Å²) in [5.74, 6) is 2.20. The molecule has 0 saturated heterocycles. The van der Waals surface area contributed by atoms with Gasteiger partial charge in [0.25, 0.3) is 11.5 Å². The number of nitrogens with zero attached hydrogens (tertiary/aromatic N) is 3. The third-order valence-corrected chi connectivity index (χ3v) is 6.53. The zero-order valence-electron chi connectivity index (χ0n) is 20.8. The number of benzene rings is 2. The molecule has 186 valence electrons. The summed E-state index contributed by atoms with van der Waals surface area (Å²) in [6.07, 6.45) is 2.16. The van der Waals surface area contributed by atoms with E-state index >= 15 is 0 Å². The molecule has 0 bridgehead atoms. The van der Waals surface area contributed by atoms with Crippen molar-refractivity contribution in [1.82, 2.24) is 19.9 Å². The summed E-state index contributed by atoms with van der Waals surface area (Å²) < 4.78 is 16.1. The smallest absolute Gasteiger partial charge is 0.258 e. The molecule has 2 aromatic carbocycles. The lowest BCUT2D eigenvalue weighted by Gasteiger charge is -2.22. The lowest BCUT2D eigenvalue weighted by Crippen LogP contribution is -2.32. The van der Waals surface area contributed by atoms with Crippen molar-refractivity contribution < 1.29 is 19.0 Å². The number of aromatic amines is 1. The molecule has 1 amide bonds. The lowest BCUT2D eigenvalue weighted by molar-refractivity contribution is 0.0750. The van der Waals surface area contributed by atoms with Gasteiger partial charge in [-0.05, 0) is 50.1 Å². The minimum atomic E-state index is -0.311. The summed E-state index contributed by atoms with van der Waals surface area (Å²) in [6.45, 7) is 2.47. The van der Waals surface area contributed by atoms with Crippen LogP contribution in [0.2, 0.25) is 0 Å². The van der Waals surface area contributed by atoms with Crippen LogP contribution in [0, 0.1) is 0 Å². The van der Waals surface area contributed by atoms with E-state index in [0.29, 0.717) is 52.0 Å². The van der Waals surface area contributed by atoms with Gasteiger partial charge in [0.05, 0.1) is 49.9 Å². The number of nitrogens with one attached hydrogen (secondary N) is 1. The summed E-state index contributed by atoms with van der Waals surface area (Å²) in [5.41, 5.74) is 2.42. The van der Waals surface area contributed by atoms with Gasteiger partial charge < -0.3 is 24.1 Å². The molecule has 1 saturated carbocycles. The molecule has 0 spiro atoms. The monoisotopic (exact) mass is 488 g/mol.